The summed E-state index contributed by atoms with van der Waals surface area (Å²) in [5, 5.41) is 0.428. The molecule has 0 aromatic carbocycles. The molecule has 1 aromatic heterocycles. The second kappa shape index (κ2) is 3.28. The molecule has 0 radical (unpaired) electrons. The molecule has 1 heterocycles. The quantitative estimate of drug-likeness (QED) is 0.813. The molecule has 0 fully saturated rings. The maximum absolute atomic E-state index is 5.77. The highest BCUT2D eigenvalue weighted by Crippen LogP contribution is 2.32. The van der Waals surface area contributed by atoms with Gasteiger partial charge in [0.2, 0.25) is 5.88 Å². The summed E-state index contributed by atoms with van der Waals surface area (Å²) < 4.78 is 5.50. The maximum Gasteiger partial charge on any atom is 0.238 e. The summed E-state index contributed by atoms with van der Waals surface area (Å²) in [6, 6.07) is 0. The van der Waals surface area contributed by atoms with Crippen LogP contribution in [0.2, 0.25) is 5.02 Å². The number of methoxy groups -OCH3 is 1. The van der Waals surface area contributed by atoms with E-state index in [9.17, 15) is 0 Å². The second-order valence-electron chi connectivity index (χ2n) is 1.84. The maximum atomic E-state index is 5.77. The molecule has 2 N–H and O–H groups in total. The third-order valence-electron chi connectivity index (χ3n) is 1.17. The zero-order chi connectivity index (χ0) is 8.43. The molecule has 1 aromatic rings. The summed E-state index contributed by atoms with van der Waals surface area (Å²) in [4.78, 5) is 3.88. The van der Waals surface area contributed by atoms with Crippen molar-refractivity contribution in [3.8, 4) is 5.88 Å². The van der Waals surface area contributed by atoms with E-state index in [1.165, 1.54) is 13.3 Å². The number of nitrogens with zero attached hydrogens (tertiary/aromatic N) is 1. The van der Waals surface area contributed by atoms with Crippen LogP contribution in [0.25, 0.3) is 0 Å². The van der Waals surface area contributed by atoms with Crippen molar-refractivity contribution in [3.05, 3.63) is 15.7 Å². The molecule has 0 saturated heterocycles. The number of pyridine rings is 1. The van der Waals surface area contributed by atoms with E-state index in [0.717, 1.165) is 0 Å². The van der Waals surface area contributed by atoms with Crippen LogP contribution in [0.1, 0.15) is 0 Å². The number of halogens is 2. The van der Waals surface area contributed by atoms with Crippen molar-refractivity contribution in [2.75, 3.05) is 12.8 Å². The Balaban J connectivity index is 3.25. The Bertz CT molecular complexity index is 280. The van der Waals surface area contributed by atoms with E-state index in [4.69, 9.17) is 22.1 Å². The molecule has 0 aliphatic heterocycles. The number of hydrogen-bond acceptors (Lipinski definition) is 3. The monoisotopic (exact) mass is 236 g/mol. The minimum Gasteiger partial charge on any atom is -0.479 e. The zero-order valence-corrected chi connectivity index (χ0v) is 8.11. The van der Waals surface area contributed by atoms with E-state index in [1.807, 2.05) is 0 Å². The number of rotatable bonds is 1. The van der Waals surface area contributed by atoms with Gasteiger partial charge < -0.3 is 10.5 Å². The normalized spacial score (nSPS) is 9.73. The number of nitrogen functional groups attached to an aromatic ring is 1. The first-order valence-electron chi connectivity index (χ1n) is 2.80. The van der Waals surface area contributed by atoms with Gasteiger partial charge in [-0.1, -0.05) is 11.6 Å². The van der Waals surface area contributed by atoms with Crippen molar-refractivity contribution in [1.29, 1.82) is 0 Å². The number of aromatic nitrogens is 1. The minimum atomic E-state index is 0.346. The summed E-state index contributed by atoms with van der Waals surface area (Å²) in [5.41, 5.74) is 5.89. The Morgan fingerprint density at radius 1 is 1.73 bits per heavy atom. The molecular formula is C6H6BrClN2O. The van der Waals surface area contributed by atoms with E-state index in [-0.39, 0.29) is 0 Å². The Morgan fingerprint density at radius 3 is 2.91 bits per heavy atom. The van der Waals surface area contributed by atoms with Crippen LogP contribution in [-0.2, 0) is 0 Å². The zero-order valence-electron chi connectivity index (χ0n) is 5.77. The van der Waals surface area contributed by atoms with Gasteiger partial charge in [-0.3, -0.25) is 0 Å². The third kappa shape index (κ3) is 1.57. The third-order valence-corrected chi connectivity index (χ3v) is 2.40. The van der Waals surface area contributed by atoms with Crippen molar-refractivity contribution in [2.45, 2.75) is 0 Å². The molecule has 5 heteroatoms. The average Bonchev–Trinajstić information content (AvgIpc) is 2.01. The lowest BCUT2D eigenvalue weighted by atomic mass is 10.4. The van der Waals surface area contributed by atoms with Crippen LogP contribution in [0.15, 0.2) is 10.7 Å². The summed E-state index contributed by atoms with van der Waals surface area (Å²) >= 11 is 8.95. The highest BCUT2D eigenvalue weighted by molar-refractivity contribution is 9.10. The number of nitrogens with two attached hydrogens (primary N) is 1. The molecule has 0 spiro atoms. The lowest BCUT2D eigenvalue weighted by Gasteiger charge is -2.04. The van der Waals surface area contributed by atoms with Gasteiger partial charge in [-0.2, -0.15) is 0 Å². The van der Waals surface area contributed by atoms with Crippen LogP contribution < -0.4 is 10.5 Å². The molecule has 1 rings (SSSR count). The standard InChI is InChI=1S/C6H6BrClN2O/c1-11-6-5(9)4(8)3(7)2-10-6/h2H,9H2,1H3. The second-order valence-corrected chi connectivity index (χ2v) is 3.08. The highest BCUT2D eigenvalue weighted by Gasteiger charge is 2.07. The Kier molecular flexibility index (Phi) is 2.57. The fraction of sp³-hybridized carbons (Fsp3) is 0.167. The largest absolute Gasteiger partial charge is 0.479 e. The summed E-state index contributed by atoms with van der Waals surface area (Å²) in [6.07, 6.45) is 1.54. The Morgan fingerprint density at radius 2 is 2.36 bits per heavy atom. The molecule has 0 aliphatic carbocycles. The van der Waals surface area contributed by atoms with Crippen LogP contribution in [0.5, 0.6) is 5.88 Å². The Labute approximate surface area is 77.6 Å². The lowest BCUT2D eigenvalue weighted by molar-refractivity contribution is 0.400. The van der Waals surface area contributed by atoms with Gasteiger partial charge in [0.15, 0.2) is 0 Å². The van der Waals surface area contributed by atoms with Crippen molar-refractivity contribution < 1.29 is 4.74 Å². The molecular weight excluding hydrogens is 231 g/mol. The van der Waals surface area contributed by atoms with Crippen LogP contribution in [-0.4, -0.2) is 12.1 Å². The predicted octanol–water partition coefficient (Wildman–Crippen LogP) is 2.09. The van der Waals surface area contributed by atoms with E-state index >= 15 is 0 Å². The van der Waals surface area contributed by atoms with Gasteiger partial charge in [0, 0.05) is 6.20 Å². The first-order chi connectivity index (χ1) is 5.16. The lowest BCUT2D eigenvalue weighted by Crippen LogP contribution is -1.96. The highest BCUT2D eigenvalue weighted by atomic mass is 79.9. The van der Waals surface area contributed by atoms with Gasteiger partial charge in [-0.25, -0.2) is 4.98 Å². The van der Waals surface area contributed by atoms with Crippen LogP contribution >= 0.6 is 27.5 Å². The van der Waals surface area contributed by atoms with Gasteiger partial charge >= 0.3 is 0 Å². The average molecular weight is 237 g/mol. The van der Waals surface area contributed by atoms with Crippen molar-refractivity contribution in [1.82, 2.24) is 4.98 Å². The van der Waals surface area contributed by atoms with Gasteiger partial charge in [0.05, 0.1) is 16.6 Å². The fourth-order valence-corrected chi connectivity index (χ4v) is 1.07. The molecule has 0 bridgehead atoms. The molecule has 0 saturated carbocycles. The molecule has 0 aliphatic rings. The molecule has 60 valence electrons. The first-order valence-corrected chi connectivity index (χ1v) is 3.97. The predicted molar refractivity (Wildman–Crippen MR) is 47.9 cm³/mol. The Hall–Kier alpha value is -0.480. The van der Waals surface area contributed by atoms with Crippen LogP contribution in [0.3, 0.4) is 0 Å². The molecule has 3 nitrogen and oxygen atoms in total. The van der Waals surface area contributed by atoms with Crippen molar-refractivity contribution >= 4 is 33.2 Å². The number of ether oxygens (including phenoxy) is 1. The van der Waals surface area contributed by atoms with Crippen molar-refractivity contribution in [3.63, 3.8) is 0 Å². The SMILES string of the molecule is COc1ncc(Br)c(Cl)c1N. The molecule has 0 amide bonds. The summed E-state index contributed by atoms with van der Waals surface area (Å²) in [6.45, 7) is 0. The number of anilines is 1. The van der Waals surface area contributed by atoms with Gasteiger partial charge in [0.1, 0.15) is 5.69 Å². The van der Waals surface area contributed by atoms with Gasteiger partial charge in [-0.15, -0.1) is 0 Å². The van der Waals surface area contributed by atoms with Gasteiger partial charge in [-0.05, 0) is 15.9 Å². The molecule has 0 atom stereocenters. The van der Waals surface area contributed by atoms with E-state index in [2.05, 4.69) is 20.9 Å². The summed E-state index contributed by atoms with van der Waals surface area (Å²) in [7, 11) is 1.49. The van der Waals surface area contributed by atoms with E-state index in [0.29, 0.717) is 21.1 Å². The molecule has 11 heavy (non-hydrogen) atoms. The number of hydrogen-bond donors (Lipinski definition) is 1. The van der Waals surface area contributed by atoms with E-state index in [1.54, 1.807) is 0 Å². The topological polar surface area (TPSA) is 48.1 Å². The van der Waals surface area contributed by atoms with Crippen molar-refractivity contribution in [2.24, 2.45) is 0 Å². The first kappa shape index (κ1) is 8.62. The fourth-order valence-electron chi connectivity index (χ4n) is 0.627. The minimum absolute atomic E-state index is 0.346. The molecule has 0 unspecified atom stereocenters. The van der Waals surface area contributed by atoms with E-state index < -0.39 is 0 Å². The van der Waals surface area contributed by atoms with Crippen LogP contribution in [0.4, 0.5) is 5.69 Å². The van der Waals surface area contributed by atoms with Crippen LogP contribution in [0, 0.1) is 0 Å². The summed E-state index contributed by atoms with van der Waals surface area (Å²) in [5.74, 6) is 0.346. The smallest absolute Gasteiger partial charge is 0.238 e. The van der Waals surface area contributed by atoms with Gasteiger partial charge in [0.25, 0.3) is 0 Å².